The fourth-order valence-corrected chi connectivity index (χ4v) is 4.39. The number of likely N-dealkylation sites (tertiary alicyclic amines) is 1. The summed E-state index contributed by atoms with van der Waals surface area (Å²) in [6.07, 6.45) is 2.38. The molecule has 1 fully saturated rings. The number of hydrogen-bond donors (Lipinski definition) is 3. The van der Waals surface area contributed by atoms with Gasteiger partial charge in [-0.25, -0.2) is 4.79 Å². The molecule has 2 heterocycles. The van der Waals surface area contributed by atoms with E-state index < -0.39 is 0 Å². The number of ether oxygens (including phenoxy) is 1. The van der Waals surface area contributed by atoms with E-state index in [1.165, 1.54) is 13.0 Å². The molecule has 0 radical (unpaired) electrons. The van der Waals surface area contributed by atoms with E-state index in [4.69, 9.17) is 4.74 Å². The number of methoxy groups -OCH3 is 1. The summed E-state index contributed by atoms with van der Waals surface area (Å²) in [4.78, 5) is 29.6. The topological polar surface area (TPSA) is 80.6 Å². The predicted octanol–water partition coefficient (Wildman–Crippen LogP) is 1.18. The molecule has 7 heteroatoms. The van der Waals surface area contributed by atoms with Gasteiger partial charge in [-0.3, -0.25) is 9.36 Å². The first-order valence-corrected chi connectivity index (χ1v) is 10.6. The van der Waals surface area contributed by atoms with Gasteiger partial charge in [0, 0.05) is 18.4 Å². The maximum atomic E-state index is 12.7. The summed E-state index contributed by atoms with van der Waals surface area (Å²) in [6, 6.07) is 13.5. The lowest BCUT2D eigenvalue weighted by molar-refractivity contribution is -0.909. The normalized spacial score (nSPS) is 18.6. The van der Waals surface area contributed by atoms with E-state index in [0.717, 1.165) is 29.8 Å². The number of aromatic amines is 1. The molecule has 4 rings (SSSR count). The number of nitrogens with zero attached hydrogens (tertiary/aromatic N) is 1. The Morgan fingerprint density at radius 1 is 1.27 bits per heavy atom. The maximum absolute atomic E-state index is 12.7. The zero-order valence-electron chi connectivity index (χ0n) is 17.5. The van der Waals surface area contributed by atoms with E-state index in [1.807, 2.05) is 30.3 Å². The molecule has 0 spiro atoms. The molecule has 2 aromatic carbocycles. The predicted molar refractivity (Wildman–Crippen MR) is 116 cm³/mol. The van der Waals surface area contributed by atoms with Gasteiger partial charge in [-0.05, 0) is 42.8 Å². The van der Waals surface area contributed by atoms with Crippen LogP contribution in [0.4, 0.5) is 0 Å². The zero-order valence-corrected chi connectivity index (χ0v) is 17.5. The molecule has 3 N–H and O–H groups in total. The number of imidazole rings is 1. The Balaban J connectivity index is 1.49. The minimum atomic E-state index is -0.188. The number of carbonyl (C=O) groups excluding carboxylic acids is 1. The molecule has 30 heavy (non-hydrogen) atoms. The van der Waals surface area contributed by atoms with Crippen LogP contribution < -0.4 is 20.6 Å². The van der Waals surface area contributed by atoms with Crippen LogP contribution in [0.25, 0.3) is 11.0 Å². The van der Waals surface area contributed by atoms with Crippen molar-refractivity contribution < 1.29 is 14.4 Å². The van der Waals surface area contributed by atoms with Crippen molar-refractivity contribution >= 4 is 16.9 Å². The smallest absolute Gasteiger partial charge is 0.326 e. The van der Waals surface area contributed by atoms with E-state index in [1.54, 1.807) is 28.7 Å². The molecule has 158 valence electrons. The molecule has 0 saturated carbocycles. The molecular weight excluding hydrogens is 380 g/mol. The second-order valence-corrected chi connectivity index (χ2v) is 7.91. The lowest BCUT2D eigenvalue weighted by Crippen LogP contribution is -3.14. The summed E-state index contributed by atoms with van der Waals surface area (Å²) in [5, 5.41) is 3.07. The van der Waals surface area contributed by atoms with Crippen molar-refractivity contribution in [1.82, 2.24) is 14.9 Å². The van der Waals surface area contributed by atoms with Crippen LogP contribution in [0, 0.1) is 0 Å². The average Bonchev–Trinajstić information content (AvgIpc) is 3.35. The Hall–Kier alpha value is -3.06. The first-order chi connectivity index (χ1) is 14.6. The highest BCUT2D eigenvalue weighted by Gasteiger charge is 2.27. The van der Waals surface area contributed by atoms with Gasteiger partial charge in [0.05, 0.1) is 44.3 Å². The van der Waals surface area contributed by atoms with Gasteiger partial charge in [0.15, 0.2) is 0 Å². The van der Waals surface area contributed by atoms with Crippen LogP contribution in [0.5, 0.6) is 5.75 Å². The number of nitrogens with one attached hydrogen (secondary N) is 3. The number of benzene rings is 2. The Labute approximate surface area is 175 Å². The number of carbonyl (C=O) groups is 1. The first kappa shape index (κ1) is 20.2. The van der Waals surface area contributed by atoms with Crippen LogP contribution in [0.2, 0.25) is 0 Å². The highest BCUT2D eigenvalue weighted by atomic mass is 16.5. The van der Waals surface area contributed by atoms with Crippen LogP contribution in [0.3, 0.4) is 0 Å². The summed E-state index contributed by atoms with van der Waals surface area (Å²) in [7, 11) is 1.63. The molecule has 0 aliphatic carbocycles. The summed E-state index contributed by atoms with van der Waals surface area (Å²) in [5.41, 5.74) is 2.83. The van der Waals surface area contributed by atoms with Gasteiger partial charge in [-0.15, -0.1) is 0 Å². The fourth-order valence-electron chi connectivity index (χ4n) is 4.39. The lowest BCUT2D eigenvalue weighted by Gasteiger charge is -2.20. The largest absolute Gasteiger partial charge is 0.497 e. The molecule has 1 aliphatic heterocycles. The number of amides is 1. The number of H-pyrrole nitrogens is 1. The number of rotatable bonds is 7. The second kappa shape index (κ2) is 8.75. The Morgan fingerprint density at radius 3 is 2.80 bits per heavy atom. The number of hydrogen-bond acceptors (Lipinski definition) is 3. The molecule has 3 aromatic rings. The third-order valence-electron chi connectivity index (χ3n) is 6.13. The van der Waals surface area contributed by atoms with Crippen molar-refractivity contribution in [3.63, 3.8) is 0 Å². The van der Waals surface area contributed by atoms with Gasteiger partial charge in [0.2, 0.25) is 0 Å². The van der Waals surface area contributed by atoms with E-state index in [2.05, 4.69) is 17.2 Å². The molecule has 1 aromatic heterocycles. The second-order valence-electron chi connectivity index (χ2n) is 7.91. The van der Waals surface area contributed by atoms with E-state index >= 15 is 0 Å². The highest BCUT2D eigenvalue weighted by Crippen LogP contribution is 2.16. The van der Waals surface area contributed by atoms with Gasteiger partial charge in [-0.2, -0.15) is 0 Å². The first-order valence-electron chi connectivity index (χ1n) is 10.6. The Morgan fingerprint density at radius 2 is 2.07 bits per heavy atom. The van der Waals surface area contributed by atoms with Crippen molar-refractivity contribution in [2.75, 3.05) is 26.7 Å². The van der Waals surface area contributed by atoms with Gasteiger partial charge in [0.25, 0.3) is 5.91 Å². The zero-order chi connectivity index (χ0) is 21.1. The molecule has 1 saturated heterocycles. The standard InChI is InChI=1S/C23H28N4O3/c1-3-26-12-4-5-18(26)14-24-22(28)17-8-11-21-20(13-17)25-23(29)27(21)15-16-6-9-19(30-2)10-7-16/h6-11,13,18H,3-5,12,14-15H2,1-2H3,(H,24,28)(H,25,29)/p+1/t18-/m0/s1. The summed E-state index contributed by atoms with van der Waals surface area (Å²) in [5.74, 6) is 0.685. The summed E-state index contributed by atoms with van der Waals surface area (Å²) < 4.78 is 6.86. The molecule has 0 bridgehead atoms. The monoisotopic (exact) mass is 409 g/mol. The third kappa shape index (κ3) is 4.11. The van der Waals surface area contributed by atoms with Crippen molar-refractivity contribution in [2.24, 2.45) is 0 Å². The number of quaternary nitrogens is 1. The van der Waals surface area contributed by atoms with Crippen LogP contribution >= 0.6 is 0 Å². The van der Waals surface area contributed by atoms with Crippen molar-refractivity contribution in [2.45, 2.75) is 32.4 Å². The van der Waals surface area contributed by atoms with Crippen LogP contribution in [-0.4, -0.2) is 48.2 Å². The quantitative estimate of drug-likeness (QED) is 0.548. The molecule has 2 atom stereocenters. The Bertz CT molecular complexity index is 1080. The Kier molecular flexibility index (Phi) is 5.90. The third-order valence-corrected chi connectivity index (χ3v) is 6.13. The molecular formula is C23H29N4O3+. The van der Waals surface area contributed by atoms with Crippen LogP contribution in [0.15, 0.2) is 47.3 Å². The van der Waals surface area contributed by atoms with Gasteiger partial charge in [-0.1, -0.05) is 12.1 Å². The molecule has 7 nitrogen and oxygen atoms in total. The van der Waals surface area contributed by atoms with E-state index in [9.17, 15) is 9.59 Å². The highest BCUT2D eigenvalue weighted by molar-refractivity contribution is 5.97. The fraction of sp³-hybridized carbons (Fsp3) is 0.391. The van der Waals surface area contributed by atoms with Gasteiger partial charge >= 0.3 is 5.69 Å². The van der Waals surface area contributed by atoms with Crippen molar-refractivity contribution in [3.05, 3.63) is 64.1 Å². The molecule has 1 aliphatic rings. The number of likely N-dealkylation sites (N-methyl/N-ethyl adjacent to an activating group) is 1. The average molecular weight is 410 g/mol. The SMILES string of the molecule is CC[NH+]1CCC[C@H]1CNC(=O)c1ccc2c(c1)[nH]c(=O)n2Cc1ccc(OC)cc1. The summed E-state index contributed by atoms with van der Waals surface area (Å²) in [6.45, 7) is 5.61. The van der Waals surface area contributed by atoms with Crippen LogP contribution in [-0.2, 0) is 6.54 Å². The number of aromatic nitrogens is 2. The molecule has 1 unspecified atom stereocenters. The molecule has 1 amide bonds. The van der Waals surface area contributed by atoms with E-state index in [-0.39, 0.29) is 11.6 Å². The van der Waals surface area contributed by atoms with Crippen molar-refractivity contribution in [1.29, 1.82) is 0 Å². The number of fused-ring (bicyclic) bond motifs is 1. The minimum Gasteiger partial charge on any atom is -0.497 e. The van der Waals surface area contributed by atoms with Gasteiger partial charge in [0.1, 0.15) is 11.8 Å². The summed E-state index contributed by atoms with van der Waals surface area (Å²) >= 11 is 0. The minimum absolute atomic E-state index is 0.0944. The lowest BCUT2D eigenvalue weighted by atomic mass is 10.1. The van der Waals surface area contributed by atoms with Crippen LogP contribution in [0.1, 0.15) is 35.7 Å². The van der Waals surface area contributed by atoms with Crippen molar-refractivity contribution in [3.8, 4) is 5.75 Å². The maximum Gasteiger partial charge on any atom is 0.326 e. The van der Waals surface area contributed by atoms with Gasteiger partial charge < -0.3 is 19.9 Å². The van der Waals surface area contributed by atoms with E-state index in [0.29, 0.717) is 30.2 Å².